The van der Waals surface area contributed by atoms with Crippen molar-refractivity contribution in [1.82, 2.24) is 14.5 Å². The second kappa shape index (κ2) is 6.37. The van der Waals surface area contributed by atoms with Gasteiger partial charge in [-0.2, -0.15) is 0 Å². The summed E-state index contributed by atoms with van der Waals surface area (Å²) in [5.41, 5.74) is 0. The molecule has 3 heterocycles. The topological polar surface area (TPSA) is 86.8 Å². The molecular weight excluding hydrogens is 362 g/mol. The summed E-state index contributed by atoms with van der Waals surface area (Å²) in [6.07, 6.45) is 2.35. The van der Waals surface area contributed by atoms with Crippen LogP contribution in [0.2, 0.25) is 0 Å². The Kier molecular flexibility index (Phi) is 4.33. The molecule has 0 unspecified atom stereocenters. The number of thiophene rings is 1. The lowest BCUT2D eigenvalue weighted by molar-refractivity contribution is -0.131. The van der Waals surface area contributed by atoms with Crippen molar-refractivity contribution in [3.05, 3.63) is 22.4 Å². The highest BCUT2D eigenvalue weighted by atomic mass is 32.2. The lowest BCUT2D eigenvalue weighted by atomic mass is 10.1. The van der Waals surface area contributed by atoms with E-state index in [1.165, 1.54) is 0 Å². The van der Waals surface area contributed by atoms with Gasteiger partial charge in [0.25, 0.3) is 5.91 Å². The molecule has 7 nitrogen and oxygen atoms in total. The Bertz CT molecular complexity index is 773. The van der Waals surface area contributed by atoms with Gasteiger partial charge in [0, 0.05) is 30.1 Å². The molecule has 1 N–H and O–H groups in total. The maximum absolute atomic E-state index is 12.8. The van der Waals surface area contributed by atoms with Gasteiger partial charge in [0.1, 0.15) is 0 Å². The predicted octanol–water partition coefficient (Wildman–Crippen LogP) is 0.184. The molecule has 136 valence electrons. The average molecular weight is 383 g/mol. The van der Waals surface area contributed by atoms with Crippen LogP contribution in [0.3, 0.4) is 0 Å². The SMILES string of the molecule is O=C(Cc1cccs1)N[C@H]1C[C@H]2C(=O)N(C3CC3)S(=O)(=O)CCN2C1. The molecular formula is C16H21N3O4S2. The molecule has 1 aromatic heterocycles. The molecule has 9 heteroatoms. The quantitative estimate of drug-likeness (QED) is 0.802. The van der Waals surface area contributed by atoms with Crippen LogP contribution in [0, 0.1) is 0 Å². The van der Waals surface area contributed by atoms with Crippen LogP contribution in [0.1, 0.15) is 24.1 Å². The van der Waals surface area contributed by atoms with Crippen LogP contribution < -0.4 is 5.32 Å². The predicted molar refractivity (Wildman–Crippen MR) is 93.6 cm³/mol. The molecule has 3 aliphatic rings. The normalized spacial score (nSPS) is 29.3. The summed E-state index contributed by atoms with van der Waals surface area (Å²) in [6, 6.07) is 3.14. The van der Waals surface area contributed by atoms with Crippen molar-refractivity contribution in [2.24, 2.45) is 0 Å². The van der Waals surface area contributed by atoms with Crippen LogP contribution in [0.15, 0.2) is 17.5 Å². The van der Waals surface area contributed by atoms with Crippen LogP contribution >= 0.6 is 11.3 Å². The fourth-order valence-electron chi connectivity index (χ4n) is 3.69. The summed E-state index contributed by atoms with van der Waals surface area (Å²) >= 11 is 1.54. The first-order valence-corrected chi connectivity index (χ1v) is 11.0. The van der Waals surface area contributed by atoms with Gasteiger partial charge in [-0.3, -0.25) is 14.5 Å². The number of rotatable bonds is 4. The molecule has 2 saturated heterocycles. The second-order valence-electron chi connectivity index (χ2n) is 6.95. The van der Waals surface area contributed by atoms with Crippen molar-refractivity contribution >= 4 is 33.2 Å². The Morgan fingerprint density at radius 2 is 2.16 bits per heavy atom. The Balaban J connectivity index is 1.42. The zero-order chi connectivity index (χ0) is 17.6. The fourth-order valence-corrected chi connectivity index (χ4v) is 6.12. The third-order valence-corrected chi connectivity index (χ3v) is 7.65. The molecule has 1 aromatic rings. The van der Waals surface area contributed by atoms with Gasteiger partial charge in [-0.05, 0) is 30.7 Å². The van der Waals surface area contributed by atoms with Crippen molar-refractivity contribution in [2.45, 2.75) is 43.8 Å². The highest BCUT2D eigenvalue weighted by Crippen LogP contribution is 2.34. The number of nitrogens with zero attached hydrogens (tertiary/aromatic N) is 2. The summed E-state index contributed by atoms with van der Waals surface area (Å²) in [5, 5.41) is 4.94. The summed E-state index contributed by atoms with van der Waals surface area (Å²) in [4.78, 5) is 27.9. The lowest BCUT2D eigenvalue weighted by Crippen LogP contribution is -2.45. The number of nitrogens with one attached hydrogen (secondary N) is 1. The van der Waals surface area contributed by atoms with E-state index in [2.05, 4.69) is 5.32 Å². The molecule has 0 spiro atoms. The van der Waals surface area contributed by atoms with Crippen LogP contribution in [0.4, 0.5) is 0 Å². The van der Waals surface area contributed by atoms with E-state index in [-0.39, 0.29) is 29.7 Å². The van der Waals surface area contributed by atoms with Gasteiger partial charge in [-0.1, -0.05) is 6.07 Å². The number of fused-ring (bicyclic) bond motifs is 1. The first-order valence-electron chi connectivity index (χ1n) is 8.56. The molecule has 2 aliphatic heterocycles. The average Bonchev–Trinajstić information content (AvgIpc) is 3.08. The fraction of sp³-hybridized carbons (Fsp3) is 0.625. The second-order valence-corrected chi connectivity index (χ2v) is 9.95. The van der Waals surface area contributed by atoms with Gasteiger partial charge in [0.2, 0.25) is 15.9 Å². The van der Waals surface area contributed by atoms with Gasteiger partial charge in [-0.25, -0.2) is 12.7 Å². The maximum atomic E-state index is 12.8. The van der Waals surface area contributed by atoms with Gasteiger partial charge in [0.05, 0.1) is 18.2 Å². The Hall–Kier alpha value is -1.45. The van der Waals surface area contributed by atoms with Crippen molar-refractivity contribution in [2.75, 3.05) is 18.8 Å². The first-order chi connectivity index (χ1) is 11.9. The zero-order valence-corrected chi connectivity index (χ0v) is 15.4. The highest BCUT2D eigenvalue weighted by Gasteiger charge is 2.49. The highest BCUT2D eigenvalue weighted by molar-refractivity contribution is 7.89. The van der Waals surface area contributed by atoms with Gasteiger partial charge in [0.15, 0.2) is 0 Å². The maximum Gasteiger partial charge on any atom is 0.253 e. The summed E-state index contributed by atoms with van der Waals surface area (Å²) in [6.45, 7) is 0.875. The molecule has 3 fully saturated rings. The van der Waals surface area contributed by atoms with E-state index in [0.717, 1.165) is 22.0 Å². The summed E-state index contributed by atoms with van der Waals surface area (Å²) in [5.74, 6) is -0.388. The van der Waals surface area contributed by atoms with E-state index in [1.807, 2.05) is 22.4 Å². The van der Waals surface area contributed by atoms with E-state index in [0.29, 0.717) is 25.9 Å². The third kappa shape index (κ3) is 3.45. The molecule has 0 bridgehead atoms. The number of sulfonamides is 1. The number of hydrogen-bond donors (Lipinski definition) is 1. The van der Waals surface area contributed by atoms with E-state index in [4.69, 9.17) is 0 Å². The molecule has 2 atom stereocenters. The molecule has 25 heavy (non-hydrogen) atoms. The zero-order valence-electron chi connectivity index (χ0n) is 13.8. The minimum atomic E-state index is -3.51. The standard InChI is InChI=1S/C16H21N3O4S2/c20-15(9-13-2-1-6-24-13)17-11-8-14-16(21)19(12-3-4-12)25(22,23)7-5-18(14)10-11/h1-2,6,11-12,14H,3-5,7-10H2,(H,17,20)/t11-,14-/m0/s1. The number of carbonyl (C=O) groups excluding carboxylic acids is 2. The molecule has 0 radical (unpaired) electrons. The minimum Gasteiger partial charge on any atom is -0.352 e. The van der Waals surface area contributed by atoms with Crippen molar-refractivity contribution < 1.29 is 18.0 Å². The summed E-state index contributed by atoms with van der Waals surface area (Å²) < 4.78 is 25.9. The van der Waals surface area contributed by atoms with Crippen LogP contribution in [0.5, 0.6) is 0 Å². The molecule has 1 saturated carbocycles. The lowest BCUT2D eigenvalue weighted by Gasteiger charge is -2.23. The van der Waals surface area contributed by atoms with Crippen LogP contribution in [-0.4, -0.2) is 66.4 Å². The van der Waals surface area contributed by atoms with E-state index in [1.54, 1.807) is 11.3 Å². The minimum absolute atomic E-state index is 0.0262. The van der Waals surface area contributed by atoms with E-state index in [9.17, 15) is 18.0 Å². The number of carbonyl (C=O) groups is 2. The van der Waals surface area contributed by atoms with Crippen LogP contribution in [0.25, 0.3) is 0 Å². The van der Waals surface area contributed by atoms with Crippen molar-refractivity contribution in [1.29, 1.82) is 0 Å². The number of amides is 2. The monoisotopic (exact) mass is 383 g/mol. The first kappa shape index (κ1) is 17.0. The van der Waals surface area contributed by atoms with E-state index >= 15 is 0 Å². The molecule has 0 aromatic carbocycles. The van der Waals surface area contributed by atoms with Crippen molar-refractivity contribution in [3.8, 4) is 0 Å². The largest absolute Gasteiger partial charge is 0.352 e. The number of hydrogen-bond acceptors (Lipinski definition) is 6. The Morgan fingerprint density at radius 3 is 2.84 bits per heavy atom. The Labute approximate surface area is 151 Å². The van der Waals surface area contributed by atoms with Gasteiger partial charge in [-0.15, -0.1) is 11.3 Å². The molecule has 2 amide bonds. The van der Waals surface area contributed by atoms with Gasteiger partial charge < -0.3 is 5.32 Å². The third-order valence-electron chi connectivity index (χ3n) is 5.00. The van der Waals surface area contributed by atoms with E-state index < -0.39 is 16.1 Å². The van der Waals surface area contributed by atoms with Gasteiger partial charge >= 0.3 is 0 Å². The Morgan fingerprint density at radius 1 is 1.36 bits per heavy atom. The van der Waals surface area contributed by atoms with Crippen LogP contribution in [-0.2, 0) is 26.0 Å². The summed E-state index contributed by atoms with van der Waals surface area (Å²) in [7, 11) is -3.51. The van der Waals surface area contributed by atoms with Crippen molar-refractivity contribution in [3.63, 3.8) is 0 Å². The molecule has 1 aliphatic carbocycles. The molecule has 4 rings (SSSR count). The smallest absolute Gasteiger partial charge is 0.253 e.